The van der Waals surface area contributed by atoms with Crippen molar-refractivity contribution in [2.24, 2.45) is 0 Å². The number of carboxylic acid groups (broad SMARTS) is 1. The van der Waals surface area contributed by atoms with E-state index >= 15 is 0 Å². The van der Waals surface area contributed by atoms with Gasteiger partial charge in [0.15, 0.2) is 0 Å². The minimum atomic E-state index is -6.60. The van der Waals surface area contributed by atoms with Gasteiger partial charge in [-0.15, -0.1) is 0 Å². The van der Waals surface area contributed by atoms with Gasteiger partial charge in [0, 0.05) is 26.0 Å². The lowest BCUT2D eigenvalue weighted by Gasteiger charge is -2.24. The average molecular weight is 326 g/mol. The van der Waals surface area contributed by atoms with Crippen molar-refractivity contribution in [2.45, 2.75) is 24.9 Å². The molecule has 0 fully saturated rings. The molecule has 0 aromatic heterocycles. The van der Waals surface area contributed by atoms with Crippen LogP contribution in [0.2, 0.25) is 0 Å². The summed E-state index contributed by atoms with van der Waals surface area (Å²) >= 11 is 0. The smallest absolute Gasteiger partial charge is 0.460 e. The van der Waals surface area contributed by atoms with E-state index in [2.05, 4.69) is 36.2 Å². The zero-order chi connectivity index (χ0) is 17.1. The standard InChI is InChI=1S/C6H12N2.C4HF7O2/c1-3-8-5-4-7(2)6-8;5-2(6,1(12)13)3(7,8)4(9,10)11/h4-5H,3,6H2,1-2H3;(H,12,13). The van der Waals surface area contributed by atoms with Gasteiger partial charge in [0.2, 0.25) is 0 Å². The van der Waals surface area contributed by atoms with Gasteiger partial charge in [0.25, 0.3) is 0 Å². The molecule has 1 aliphatic heterocycles. The first-order valence-corrected chi connectivity index (χ1v) is 5.45. The predicted molar refractivity (Wildman–Crippen MR) is 57.7 cm³/mol. The fourth-order valence-electron chi connectivity index (χ4n) is 1.11. The van der Waals surface area contributed by atoms with Crippen molar-refractivity contribution in [1.82, 2.24) is 9.80 Å². The van der Waals surface area contributed by atoms with Crippen LogP contribution >= 0.6 is 0 Å². The molecule has 0 aromatic carbocycles. The van der Waals surface area contributed by atoms with Gasteiger partial charge in [0.1, 0.15) is 0 Å². The van der Waals surface area contributed by atoms with Crippen LogP contribution in [-0.2, 0) is 4.79 Å². The van der Waals surface area contributed by atoms with Crippen LogP contribution in [0.3, 0.4) is 0 Å². The lowest BCUT2D eigenvalue weighted by molar-refractivity contribution is -0.347. The number of nitrogens with zero attached hydrogens (tertiary/aromatic N) is 2. The molecule has 0 saturated carbocycles. The van der Waals surface area contributed by atoms with E-state index in [4.69, 9.17) is 5.11 Å². The molecule has 1 aliphatic rings. The predicted octanol–water partition coefficient (Wildman–Crippen LogP) is 2.59. The molecular weight excluding hydrogens is 313 g/mol. The maximum atomic E-state index is 11.8. The number of alkyl halides is 7. The van der Waals surface area contributed by atoms with Gasteiger partial charge in [-0.1, -0.05) is 0 Å². The lowest BCUT2D eigenvalue weighted by Crippen LogP contribution is -2.56. The molecule has 0 spiro atoms. The number of halogens is 7. The van der Waals surface area contributed by atoms with Gasteiger partial charge in [-0.05, 0) is 6.92 Å². The number of aliphatic carboxylic acids is 1. The van der Waals surface area contributed by atoms with E-state index in [1.165, 1.54) is 0 Å². The van der Waals surface area contributed by atoms with Crippen LogP contribution in [0.1, 0.15) is 6.92 Å². The van der Waals surface area contributed by atoms with E-state index in [9.17, 15) is 35.5 Å². The molecule has 0 amide bonds. The number of carboxylic acids is 1. The SMILES string of the molecule is CCN1C=CN(C)C1.O=C(O)C(F)(F)C(F)(F)C(F)(F)F. The van der Waals surface area contributed by atoms with Gasteiger partial charge in [-0.25, -0.2) is 4.79 Å². The Balaban J connectivity index is 0.000000423. The molecule has 0 unspecified atom stereocenters. The van der Waals surface area contributed by atoms with Crippen LogP contribution in [0.25, 0.3) is 0 Å². The van der Waals surface area contributed by atoms with Gasteiger partial charge < -0.3 is 14.9 Å². The second-order valence-corrected chi connectivity index (χ2v) is 4.05. The molecule has 0 saturated heterocycles. The summed E-state index contributed by atoms with van der Waals surface area (Å²) in [7, 11) is 2.08. The number of hydrogen-bond acceptors (Lipinski definition) is 3. The molecule has 124 valence electrons. The van der Waals surface area contributed by atoms with Crippen LogP contribution in [0, 0.1) is 0 Å². The maximum Gasteiger partial charge on any atom is 0.460 e. The topological polar surface area (TPSA) is 43.8 Å². The Morgan fingerprint density at radius 3 is 1.76 bits per heavy atom. The summed E-state index contributed by atoms with van der Waals surface area (Å²) < 4.78 is 80.5. The first-order chi connectivity index (χ1) is 9.27. The minimum absolute atomic E-state index is 1.05. The van der Waals surface area contributed by atoms with E-state index in [-0.39, 0.29) is 0 Å². The molecular formula is C10H13F7N2O2. The molecule has 0 aliphatic carbocycles. The van der Waals surface area contributed by atoms with E-state index in [0.717, 1.165) is 13.2 Å². The van der Waals surface area contributed by atoms with Crippen molar-refractivity contribution >= 4 is 5.97 Å². The highest BCUT2D eigenvalue weighted by molar-refractivity contribution is 5.76. The molecule has 1 rings (SSSR count). The van der Waals surface area contributed by atoms with Gasteiger partial charge in [-0.2, -0.15) is 30.7 Å². The zero-order valence-electron chi connectivity index (χ0n) is 11.0. The average Bonchev–Trinajstić information content (AvgIpc) is 2.74. The molecule has 1 N–H and O–H groups in total. The van der Waals surface area contributed by atoms with Crippen molar-refractivity contribution in [2.75, 3.05) is 20.3 Å². The van der Waals surface area contributed by atoms with Crippen LogP contribution in [0.15, 0.2) is 12.4 Å². The van der Waals surface area contributed by atoms with Gasteiger partial charge in [-0.3, -0.25) is 0 Å². The first-order valence-electron chi connectivity index (χ1n) is 5.45. The monoisotopic (exact) mass is 326 g/mol. The van der Waals surface area contributed by atoms with Crippen LogP contribution in [-0.4, -0.2) is 59.2 Å². The largest absolute Gasteiger partial charge is 0.477 e. The molecule has 0 bridgehead atoms. The summed E-state index contributed by atoms with van der Waals surface area (Å²) in [6, 6.07) is 0. The Hall–Kier alpha value is -1.68. The second-order valence-electron chi connectivity index (χ2n) is 4.05. The molecule has 0 radical (unpaired) electrons. The molecule has 4 nitrogen and oxygen atoms in total. The quantitative estimate of drug-likeness (QED) is 0.810. The molecule has 1 heterocycles. The van der Waals surface area contributed by atoms with Crippen LogP contribution < -0.4 is 0 Å². The summed E-state index contributed by atoms with van der Waals surface area (Å²) in [4.78, 5) is 13.8. The summed E-state index contributed by atoms with van der Waals surface area (Å²) in [6.45, 7) is 4.32. The van der Waals surface area contributed by atoms with Crippen molar-refractivity contribution in [3.8, 4) is 0 Å². The molecule has 0 atom stereocenters. The van der Waals surface area contributed by atoms with Crippen molar-refractivity contribution < 1.29 is 40.6 Å². The van der Waals surface area contributed by atoms with Crippen molar-refractivity contribution in [3.05, 3.63) is 12.4 Å². The van der Waals surface area contributed by atoms with E-state index in [0.29, 0.717) is 0 Å². The Bertz CT molecular complexity index is 395. The number of rotatable bonds is 3. The lowest BCUT2D eigenvalue weighted by atomic mass is 10.1. The third kappa shape index (κ3) is 4.39. The summed E-state index contributed by atoms with van der Waals surface area (Å²) in [6.07, 6.45) is -2.40. The number of hydrogen-bond donors (Lipinski definition) is 1. The van der Waals surface area contributed by atoms with Crippen LogP contribution in [0.5, 0.6) is 0 Å². The highest BCUT2D eigenvalue weighted by atomic mass is 19.4. The Kier molecular flexibility index (Phi) is 5.88. The van der Waals surface area contributed by atoms with E-state index in [1.807, 2.05) is 0 Å². The highest BCUT2D eigenvalue weighted by Gasteiger charge is 2.76. The molecule has 11 heteroatoms. The minimum Gasteiger partial charge on any atom is -0.477 e. The second kappa shape index (κ2) is 6.39. The van der Waals surface area contributed by atoms with Crippen molar-refractivity contribution in [1.29, 1.82) is 0 Å². The van der Waals surface area contributed by atoms with Crippen LogP contribution in [0.4, 0.5) is 30.7 Å². The third-order valence-corrected chi connectivity index (χ3v) is 2.36. The fourth-order valence-corrected chi connectivity index (χ4v) is 1.11. The summed E-state index contributed by atoms with van der Waals surface area (Å²) in [5.74, 6) is -16.3. The highest BCUT2D eigenvalue weighted by Crippen LogP contribution is 2.46. The maximum absolute atomic E-state index is 11.8. The van der Waals surface area contributed by atoms with Gasteiger partial charge in [0.05, 0.1) is 6.67 Å². The third-order valence-electron chi connectivity index (χ3n) is 2.36. The Morgan fingerprint density at radius 2 is 1.62 bits per heavy atom. The fraction of sp³-hybridized carbons (Fsp3) is 0.700. The van der Waals surface area contributed by atoms with E-state index in [1.54, 1.807) is 0 Å². The van der Waals surface area contributed by atoms with E-state index < -0.39 is 24.0 Å². The molecule has 21 heavy (non-hydrogen) atoms. The van der Waals surface area contributed by atoms with Crippen molar-refractivity contribution in [3.63, 3.8) is 0 Å². The molecule has 0 aromatic rings. The normalized spacial score (nSPS) is 15.9. The Morgan fingerprint density at radius 1 is 1.14 bits per heavy atom. The zero-order valence-corrected chi connectivity index (χ0v) is 11.0. The van der Waals surface area contributed by atoms with Gasteiger partial charge >= 0.3 is 24.0 Å². The summed E-state index contributed by atoms with van der Waals surface area (Å²) in [5.41, 5.74) is 0. The first kappa shape index (κ1) is 19.3. The number of carbonyl (C=O) groups is 1. The Labute approximate surface area is 115 Å². The summed E-state index contributed by atoms with van der Waals surface area (Å²) in [5, 5.41) is 7.41.